The van der Waals surface area contributed by atoms with Gasteiger partial charge in [0.15, 0.2) is 0 Å². The van der Waals surface area contributed by atoms with Gasteiger partial charge in [-0.05, 0) is 12.8 Å². The molecule has 1 aliphatic heterocycles. The Bertz CT molecular complexity index is 172. The average Bonchev–Trinajstić information content (AvgIpc) is 2.46. The van der Waals surface area contributed by atoms with Gasteiger partial charge in [0.1, 0.15) is 6.34 Å². The van der Waals surface area contributed by atoms with Crippen LogP contribution in [0.2, 0.25) is 0 Å². The lowest BCUT2D eigenvalue weighted by Gasteiger charge is -2.23. The van der Waals surface area contributed by atoms with Crippen LogP contribution in [0.15, 0.2) is 5.10 Å². The van der Waals surface area contributed by atoms with Crippen molar-refractivity contribution in [3.63, 3.8) is 0 Å². The summed E-state index contributed by atoms with van der Waals surface area (Å²) in [6.45, 7) is 5.59. The van der Waals surface area contributed by atoms with E-state index in [1.165, 1.54) is 5.01 Å². The normalized spacial score (nSPS) is 21.6. The van der Waals surface area contributed by atoms with E-state index in [2.05, 4.69) is 12.0 Å². The number of rotatable bonds is 5. The van der Waals surface area contributed by atoms with Crippen molar-refractivity contribution in [2.75, 3.05) is 13.1 Å². The molecule has 0 amide bonds. The van der Waals surface area contributed by atoms with E-state index in [4.69, 9.17) is 0 Å². The minimum atomic E-state index is -1.04. The molecule has 0 radical (unpaired) electrons. The van der Waals surface area contributed by atoms with E-state index in [1.807, 2.05) is 6.92 Å². The number of halogens is 1. The SMILES string of the molecule is CCCCN1C=NN(CCC)C1F. The molecule has 1 heterocycles. The van der Waals surface area contributed by atoms with Crippen molar-refractivity contribution in [2.45, 2.75) is 39.5 Å². The Balaban J connectivity index is 2.32. The second-order valence-electron chi connectivity index (χ2n) is 3.30. The first-order valence-corrected chi connectivity index (χ1v) is 5.00. The van der Waals surface area contributed by atoms with Gasteiger partial charge in [0, 0.05) is 13.1 Å². The fraction of sp³-hybridized carbons (Fsp3) is 0.889. The number of hydrogen-bond donors (Lipinski definition) is 0. The Labute approximate surface area is 79.2 Å². The van der Waals surface area contributed by atoms with E-state index in [1.54, 1.807) is 11.2 Å². The van der Waals surface area contributed by atoms with Crippen molar-refractivity contribution in [2.24, 2.45) is 5.10 Å². The second-order valence-corrected chi connectivity index (χ2v) is 3.30. The van der Waals surface area contributed by atoms with Gasteiger partial charge in [-0.15, -0.1) is 0 Å². The molecule has 76 valence electrons. The zero-order chi connectivity index (χ0) is 9.68. The summed E-state index contributed by atoms with van der Waals surface area (Å²) in [5.41, 5.74) is 0. The van der Waals surface area contributed by atoms with Crippen LogP contribution in [-0.2, 0) is 0 Å². The highest BCUT2D eigenvalue weighted by atomic mass is 19.1. The maximum Gasteiger partial charge on any atom is 0.265 e. The molecule has 1 unspecified atom stereocenters. The van der Waals surface area contributed by atoms with Crippen molar-refractivity contribution in [3.8, 4) is 0 Å². The summed E-state index contributed by atoms with van der Waals surface area (Å²) < 4.78 is 13.5. The standard InChI is InChI=1S/C9H18FN3/c1-3-5-7-12-8-11-13(6-4-2)9(12)10/h8-9H,3-7H2,1-2H3. The third kappa shape index (κ3) is 2.57. The zero-order valence-corrected chi connectivity index (χ0v) is 8.41. The van der Waals surface area contributed by atoms with Crippen LogP contribution >= 0.6 is 0 Å². The lowest BCUT2D eigenvalue weighted by molar-refractivity contribution is 0.0151. The van der Waals surface area contributed by atoms with Gasteiger partial charge >= 0.3 is 0 Å². The lowest BCUT2D eigenvalue weighted by Crippen LogP contribution is -2.36. The Kier molecular flexibility index (Phi) is 3.99. The zero-order valence-electron chi connectivity index (χ0n) is 8.41. The minimum absolute atomic E-state index is 0.695. The first kappa shape index (κ1) is 10.3. The molecule has 0 aliphatic carbocycles. The molecule has 4 heteroatoms. The number of hydrogen-bond acceptors (Lipinski definition) is 3. The van der Waals surface area contributed by atoms with Gasteiger partial charge in [-0.25, -0.2) is 5.01 Å². The highest BCUT2D eigenvalue weighted by Gasteiger charge is 2.25. The van der Waals surface area contributed by atoms with Crippen molar-refractivity contribution in [1.29, 1.82) is 0 Å². The predicted molar refractivity (Wildman–Crippen MR) is 52.0 cm³/mol. The minimum Gasteiger partial charge on any atom is -0.313 e. The van der Waals surface area contributed by atoms with Crippen LogP contribution < -0.4 is 0 Å². The maximum atomic E-state index is 13.5. The summed E-state index contributed by atoms with van der Waals surface area (Å²) in [4.78, 5) is 1.65. The van der Waals surface area contributed by atoms with E-state index in [0.717, 1.165) is 25.8 Å². The summed E-state index contributed by atoms with van der Waals surface area (Å²) in [6.07, 6.45) is 3.61. The number of alkyl halides is 1. The number of hydrazone groups is 1. The molecule has 0 fully saturated rings. The third-order valence-electron chi connectivity index (χ3n) is 2.09. The highest BCUT2D eigenvalue weighted by molar-refractivity contribution is 5.56. The summed E-state index contributed by atoms with van der Waals surface area (Å²) >= 11 is 0. The number of nitrogens with zero attached hydrogens (tertiary/aromatic N) is 3. The summed E-state index contributed by atoms with van der Waals surface area (Å²) in [5, 5.41) is 5.50. The van der Waals surface area contributed by atoms with Crippen molar-refractivity contribution in [3.05, 3.63) is 0 Å². The van der Waals surface area contributed by atoms with E-state index >= 15 is 0 Å². The second kappa shape index (κ2) is 5.04. The van der Waals surface area contributed by atoms with Crippen LogP contribution in [0, 0.1) is 0 Å². The molecule has 0 saturated carbocycles. The Morgan fingerprint density at radius 2 is 2.08 bits per heavy atom. The van der Waals surface area contributed by atoms with Gasteiger partial charge in [0.2, 0.25) is 0 Å². The molecule has 0 N–H and O–H groups in total. The van der Waals surface area contributed by atoms with Gasteiger partial charge in [0.05, 0.1) is 0 Å². The molecule has 13 heavy (non-hydrogen) atoms. The lowest BCUT2D eigenvalue weighted by atomic mass is 10.3. The quantitative estimate of drug-likeness (QED) is 0.613. The molecule has 0 saturated heterocycles. The molecule has 1 atom stereocenters. The molecule has 0 aromatic carbocycles. The Hall–Kier alpha value is -0.800. The monoisotopic (exact) mass is 187 g/mol. The maximum absolute atomic E-state index is 13.5. The van der Waals surface area contributed by atoms with Crippen LogP contribution in [0.4, 0.5) is 4.39 Å². The van der Waals surface area contributed by atoms with Crippen LogP contribution in [0.1, 0.15) is 33.1 Å². The van der Waals surface area contributed by atoms with Crippen molar-refractivity contribution < 1.29 is 4.39 Å². The molecule has 0 aromatic rings. The molecule has 1 rings (SSSR count). The molecule has 1 aliphatic rings. The third-order valence-corrected chi connectivity index (χ3v) is 2.09. The van der Waals surface area contributed by atoms with Crippen LogP contribution in [-0.4, -0.2) is 35.8 Å². The first-order valence-electron chi connectivity index (χ1n) is 5.00. The van der Waals surface area contributed by atoms with Gasteiger partial charge in [-0.2, -0.15) is 9.49 Å². The summed E-state index contributed by atoms with van der Waals surface area (Å²) in [5.74, 6) is 0. The summed E-state index contributed by atoms with van der Waals surface area (Å²) in [7, 11) is 0. The molecular formula is C9H18FN3. The van der Waals surface area contributed by atoms with Gasteiger partial charge in [-0.3, -0.25) is 0 Å². The smallest absolute Gasteiger partial charge is 0.265 e. The molecule has 0 spiro atoms. The first-order chi connectivity index (χ1) is 6.29. The Morgan fingerprint density at radius 3 is 2.69 bits per heavy atom. The molecule has 3 nitrogen and oxygen atoms in total. The summed E-state index contributed by atoms with van der Waals surface area (Å²) in [6, 6.07) is 0. The largest absolute Gasteiger partial charge is 0.313 e. The predicted octanol–water partition coefficient (Wildman–Crippen LogP) is 2.01. The molecule has 0 bridgehead atoms. The van der Waals surface area contributed by atoms with Gasteiger partial charge in [0.25, 0.3) is 6.42 Å². The average molecular weight is 187 g/mol. The van der Waals surface area contributed by atoms with E-state index in [0.29, 0.717) is 6.54 Å². The fourth-order valence-corrected chi connectivity index (χ4v) is 1.31. The van der Waals surface area contributed by atoms with E-state index in [9.17, 15) is 4.39 Å². The topological polar surface area (TPSA) is 18.8 Å². The number of unbranched alkanes of at least 4 members (excludes halogenated alkanes) is 1. The van der Waals surface area contributed by atoms with Crippen LogP contribution in [0.5, 0.6) is 0 Å². The van der Waals surface area contributed by atoms with Crippen LogP contribution in [0.3, 0.4) is 0 Å². The van der Waals surface area contributed by atoms with E-state index in [-0.39, 0.29) is 0 Å². The molecular weight excluding hydrogens is 169 g/mol. The fourth-order valence-electron chi connectivity index (χ4n) is 1.31. The Morgan fingerprint density at radius 1 is 1.31 bits per heavy atom. The van der Waals surface area contributed by atoms with Gasteiger partial charge < -0.3 is 4.90 Å². The highest BCUT2D eigenvalue weighted by Crippen LogP contribution is 2.14. The van der Waals surface area contributed by atoms with Crippen molar-refractivity contribution >= 4 is 6.34 Å². The van der Waals surface area contributed by atoms with Crippen molar-refractivity contribution in [1.82, 2.24) is 9.91 Å². The molecule has 0 aromatic heterocycles. The van der Waals surface area contributed by atoms with E-state index < -0.39 is 6.42 Å². The van der Waals surface area contributed by atoms with Gasteiger partial charge in [-0.1, -0.05) is 20.3 Å². The van der Waals surface area contributed by atoms with Crippen LogP contribution in [0.25, 0.3) is 0 Å².